The van der Waals surface area contributed by atoms with Crippen LogP contribution in [0, 0.1) is 6.92 Å². The van der Waals surface area contributed by atoms with Crippen LogP contribution in [0.5, 0.6) is 17.2 Å². The number of fused-ring (bicyclic) bond motifs is 2. The second kappa shape index (κ2) is 8.74. The number of carbonyl (C=O) groups excluding carboxylic acids is 2. The van der Waals surface area contributed by atoms with Crippen LogP contribution in [0.4, 0.5) is 11.4 Å². The zero-order valence-corrected chi connectivity index (χ0v) is 18.2. The van der Waals surface area contributed by atoms with Crippen molar-refractivity contribution in [1.82, 2.24) is 0 Å². The number of nitrogens with zero attached hydrogens (tertiary/aromatic N) is 1. The van der Waals surface area contributed by atoms with Gasteiger partial charge in [0.2, 0.25) is 17.1 Å². The van der Waals surface area contributed by atoms with E-state index >= 15 is 0 Å². The first-order valence-electron chi connectivity index (χ1n) is 10.6. The fourth-order valence-corrected chi connectivity index (χ4v) is 3.76. The topological polar surface area (TPSA) is 98.1 Å². The van der Waals surface area contributed by atoms with Crippen LogP contribution in [-0.4, -0.2) is 25.0 Å². The third kappa shape index (κ3) is 4.09. The van der Waals surface area contributed by atoms with E-state index in [2.05, 4.69) is 5.32 Å². The SMILES string of the molecule is Cc1oc2cc(OCC(=O)N3CC(=O)Nc4ccccc43)ccc2c(=O)c1Oc1ccccc1. The van der Waals surface area contributed by atoms with Crippen LogP contribution in [-0.2, 0) is 9.59 Å². The summed E-state index contributed by atoms with van der Waals surface area (Å²) in [5, 5.41) is 3.07. The Morgan fingerprint density at radius 1 is 1.00 bits per heavy atom. The highest BCUT2D eigenvalue weighted by Gasteiger charge is 2.26. The molecule has 0 radical (unpaired) electrons. The van der Waals surface area contributed by atoms with Gasteiger partial charge in [0.05, 0.1) is 16.8 Å². The number of hydrogen-bond donors (Lipinski definition) is 1. The van der Waals surface area contributed by atoms with Gasteiger partial charge in [0.1, 0.15) is 29.4 Å². The molecule has 0 saturated heterocycles. The Hall–Kier alpha value is -4.59. The molecular formula is C26H20N2O6. The number of nitrogens with one attached hydrogen (secondary N) is 1. The monoisotopic (exact) mass is 456 g/mol. The van der Waals surface area contributed by atoms with E-state index < -0.39 is 0 Å². The fraction of sp³-hybridized carbons (Fsp3) is 0.115. The molecule has 0 bridgehead atoms. The molecule has 0 aliphatic carbocycles. The Morgan fingerprint density at radius 3 is 2.59 bits per heavy atom. The third-order valence-corrected chi connectivity index (χ3v) is 5.38. The summed E-state index contributed by atoms with van der Waals surface area (Å²) in [5.74, 6) is 0.684. The fourth-order valence-electron chi connectivity index (χ4n) is 3.76. The highest BCUT2D eigenvalue weighted by atomic mass is 16.5. The zero-order chi connectivity index (χ0) is 23.7. The number of anilines is 2. The van der Waals surface area contributed by atoms with Crippen molar-refractivity contribution < 1.29 is 23.5 Å². The lowest BCUT2D eigenvalue weighted by atomic mass is 10.2. The molecule has 1 N–H and O–H groups in total. The number of aryl methyl sites for hydroxylation is 1. The van der Waals surface area contributed by atoms with Crippen molar-refractivity contribution in [3.05, 3.63) is 88.8 Å². The molecule has 4 aromatic rings. The van der Waals surface area contributed by atoms with E-state index in [4.69, 9.17) is 13.9 Å². The van der Waals surface area contributed by atoms with Gasteiger partial charge < -0.3 is 19.2 Å². The van der Waals surface area contributed by atoms with Crippen LogP contribution in [0.2, 0.25) is 0 Å². The van der Waals surface area contributed by atoms with Gasteiger partial charge in [-0.2, -0.15) is 0 Å². The summed E-state index contributed by atoms with van der Waals surface area (Å²) in [6.45, 7) is 1.27. The maximum atomic E-state index is 13.0. The van der Waals surface area contributed by atoms with E-state index in [1.807, 2.05) is 18.2 Å². The minimum absolute atomic E-state index is 0.0881. The van der Waals surface area contributed by atoms with Crippen molar-refractivity contribution in [1.29, 1.82) is 0 Å². The standard InChI is InChI=1S/C26H20N2O6/c1-16-26(34-17-7-3-2-4-8-17)25(31)19-12-11-18(13-22(19)33-16)32-15-24(30)28-14-23(29)27-20-9-5-6-10-21(20)28/h2-13H,14-15H2,1H3,(H,27,29). The lowest BCUT2D eigenvalue weighted by Crippen LogP contribution is -2.44. The number of para-hydroxylation sites is 3. The van der Waals surface area contributed by atoms with Gasteiger partial charge in [0.25, 0.3) is 5.91 Å². The molecule has 0 spiro atoms. The van der Waals surface area contributed by atoms with E-state index in [0.29, 0.717) is 39.6 Å². The van der Waals surface area contributed by atoms with Crippen molar-refractivity contribution in [3.63, 3.8) is 0 Å². The average Bonchev–Trinajstić information content (AvgIpc) is 2.85. The second-order valence-electron chi connectivity index (χ2n) is 7.72. The lowest BCUT2D eigenvalue weighted by molar-refractivity contribution is -0.123. The summed E-state index contributed by atoms with van der Waals surface area (Å²) < 4.78 is 17.2. The molecule has 0 unspecified atom stereocenters. The van der Waals surface area contributed by atoms with E-state index in [1.165, 1.54) is 4.90 Å². The Bertz CT molecular complexity index is 1460. The average molecular weight is 456 g/mol. The summed E-state index contributed by atoms with van der Waals surface area (Å²) in [6.07, 6.45) is 0. The molecule has 0 fully saturated rings. The number of ether oxygens (including phenoxy) is 2. The number of carbonyl (C=O) groups is 2. The van der Waals surface area contributed by atoms with E-state index in [1.54, 1.807) is 61.5 Å². The summed E-state index contributed by atoms with van der Waals surface area (Å²) >= 11 is 0. The first-order valence-corrected chi connectivity index (χ1v) is 10.6. The Kier molecular flexibility index (Phi) is 5.47. The number of hydrogen-bond acceptors (Lipinski definition) is 6. The quantitative estimate of drug-likeness (QED) is 0.482. The molecule has 1 aromatic heterocycles. The molecule has 3 aromatic carbocycles. The maximum Gasteiger partial charge on any atom is 0.265 e. The predicted octanol–water partition coefficient (Wildman–Crippen LogP) is 4.26. The van der Waals surface area contributed by atoms with Gasteiger partial charge in [-0.25, -0.2) is 0 Å². The molecule has 5 rings (SSSR count). The summed E-state index contributed by atoms with van der Waals surface area (Å²) in [5.41, 5.74) is 1.20. The zero-order valence-electron chi connectivity index (χ0n) is 18.2. The minimum atomic E-state index is -0.369. The molecule has 170 valence electrons. The highest BCUT2D eigenvalue weighted by molar-refractivity contribution is 6.10. The Labute approximate surface area is 194 Å². The van der Waals surface area contributed by atoms with Gasteiger partial charge in [-0.1, -0.05) is 30.3 Å². The van der Waals surface area contributed by atoms with Gasteiger partial charge in [-0.05, 0) is 43.3 Å². The summed E-state index contributed by atoms with van der Waals surface area (Å²) in [6, 6.07) is 20.8. The molecule has 0 atom stereocenters. The van der Waals surface area contributed by atoms with Crippen molar-refractivity contribution in [2.75, 3.05) is 23.4 Å². The van der Waals surface area contributed by atoms with Crippen LogP contribution in [0.1, 0.15) is 5.76 Å². The molecule has 8 nitrogen and oxygen atoms in total. The first kappa shape index (κ1) is 21.3. The largest absolute Gasteiger partial charge is 0.484 e. The molecule has 1 aliphatic rings. The van der Waals surface area contributed by atoms with E-state index in [9.17, 15) is 14.4 Å². The van der Waals surface area contributed by atoms with Gasteiger partial charge in [0, 0.05) is 6.07 Å². The predicted molar refractivity (Wildman–Crippen MR) is 127 cm³/mol. The van der Waals surface area contributed by atoms with Crippen LogP contribution in [0.3, 0.4) is 0 Å². The smallest absolute Gasteiger partial charge is 0.265 e. The van der Waals surface area contributed by atoms with Crippen molar-refractivity contribution in [2.24, 2.45) is 0 Å². The Balaban J connectivity index is 1.35. The number of amides is 2. The second-order valence-corrected chi connectivity index (χ2v) is 7.72. The van der Waals surface area contributed by atoms with Crippen molar-refractivity contribution in [3.8, 4) is 17.2 Å². The van der Waals surface area contributed by atoms with Crippen LogP contribution in [0.15, 0.2) is 82.0 Å². The minimum Gasteiger partial charge on any atom is -0.484 e. The molecule has 2 heterocycles. The summed E-state index contributed by atoms with van der Waals surface area (Å²) in [4.78, 5) is 39.1. The van der Waals surface area contributed by atoms with Gasteiger partial charge in [-0.15, -0.1) is 0 Å². The van der Waals surface area contributed by atoms with Gasteiger partial charge in [0.15, 0.2) is 6.61 Å². The molecule has 34 heavy (non-hydrogen) atoms. The van der Waals surface area contributed by atoms with Gasteiger partial charge in [-0.3, -0.25) is 19.3 Å². The van der Waals surface area contributed by atoms with Gasteiger partial charge >= 0.3 is 0 Å². The number of rotatable bonds is 5. The van der Waals surface area contributed by atoms with E-state index in [-0.39, 0.29) is 36.1 Å². The summed E-state index contributed by atoms with van der Waals surface area (Å²) in [7, 11) is 0. The van der Waals surface area contributed by atoms with Crippen LogP contribution in [0.25, 0.3) is 11.0 Å². The molecule has 0 saturated carbocycles. The van der Waals surface area contributed by atoms with Crippen molar-refractivity contribution >= 4 is 34.2 Å². The molecule has 8 heteroatoms. The van der Waals surface area contributed by atoms with Crippen LogP contribution >= 0.6 is 0 Å². The van der Waals surface area contributed by atoms with Crippen LogP contribution < -0.4 is 25.1 Å². The third-order valence-electron chi connectivity index (χ3n) is 5.38. The van der Waals surface area contributed by atoms with E-state index in [0.717, 1.165) is 0 Å². The molecular weight excluding hydrogens is 436 g/mol. The molecule has 1 aliphatic heterocycles. The highest BCUT2D eigenvalue weighted by Crippen LogP contribution is 2.30. The normalized spacial score (nSPS) is 12.7. The molecule has 2 amide bonds. The maximum absolute atomic E-state index is 13.0. The lowest BCUT2D eigenvalue weighted by Gasteiger charge is -2.29. The first-order chi connectivity index (χ1) is 16.5. The number of benzene rings is 3. The van der Waals surface area contributed by atoms with Crippen molar-refractivity contribution in [2.45, 2.75) is 6.92 Å². The Morgan fingerprint density at radius 2 is 1.76 bits per heavy atom.